The fourth-order valence-electron chi connectivity index (χ4n) is 3.81. The molecule has 0 aliphatic rings. The van der Waals surface area contributed by atoms with Crippen molar-refractivity contribution in [3.63, 3.8) is 0 Å². The van der Waals surface area contributed by atoms with Crippen LogP contribution < -0.4 is 10.5 Å². The number of esters is 1. The monoisotopic (exact) mass is 445 g/mol. The van der Waals surface area contributed by atoms with Crippen molar-refractivity contribution in [1.29, 1.82) is 0 Å². The van der Waals surface area contributed by atoms with E-state index >= 15 is 0 Å². The van der Waals surface area contributed by atoms with Gasteiger partial charge < -0.3 is 24.7 Å². The van der Waals surface area contributed by atoms with Gasteiger partial charge in [0.05, 0.1) is 25.9 Å². The Bertz CT molecular complexity index is 1260. The first kappa shape index (κ1) is 22.6. The average Bonchev–Trinajstić information content (AvgIpc) is 3.31. The molecule has 0 spiro atoms. The number of rotatable bonds is 9. The van der Waals surface area contributed by atoms with Crippen LogP contribution in [0, 0.1) is 0 Å². The third kappa shape index (κ3) is 5.25. The van der Waals surface area contributed by atoms with Crippen molar-refractivity contribution in [2.45, 2.75) is 33.1 Å². The number of ether oxygens (including phenoxy) is 2. The maximum Gasteiger partial charge on any atom is 0.310 e. The van der Waals surface area contributed by atoms with E-state index in [9.17, 15) is 9.90 Å². The molecular formula is C27H27NO5. The van der Waals surface area contributed by atoms with E-state index in [0.717, 1.165) is 33.2 Å². The largest absolute Gasteiger partial charge is 0.489 e. The summed E-state index contributed by atoms with van der Waals surface area (Å²) >= 11 is 0. The molecule has 170 valence electrons. The Balaban J connectivity index is 1.64. The van der Waals surface area contributed by atoms with Crippen molar-refractivity contribution in [3.05, 3.63) is 89.2 Å². The highest BCUT2D eigenvalue weighted by Crippen LogP contribution is 2.32. The SMILES string of the molecule is CCOC(=O)Cc1ccc(CO)cc1OCc1cc(-c2cccc(CN)c2)c2occc2c1. The van der Waals surface area contributed by atoms with Crippen LogP contribution in [0.2, 0.25) is 0 Å². The zero-order valence-corrected chi connectivity index (χ0v) is 18.5. The summed E-state index contributed by atoms with van der Waals surface area (Å²) in [6.45, 7) is 2.73. The minimum atomic E-state index is -0.319. The molecule has 0 aliphatic carbocycles. The molecule has 6 nitrogen and oxygen atoms in total. The zero-order chi connectivity index (χ0) is 23.2. The maximum atomic E-state index is 12.0. The molecular weight excluding hydrogens is 418 g/mol. The van der Waals surface area contributed by atoms with E-state index in [1.165, 1.54) is 0 Å². The topological polar surface area (TPSA) is 94.9 Å². The maximum absolute atomic E-state index is 12.0. The number of hydrogen-bond acceptors (Lipinski definition) is 6. The Morgan fingerprint density at radius 1 is 1.03 bits per heavy atom. The fourth-order valence-corrected chi connectivity index (χ4v) is 3.81. The number of aliphatic hydroxyl groups is 1. The van der Waals surface area contributed by atoms with Crippen LogP contribution in [-0.4, -0.2) is 17.7 Å². The highest BCUT2D eigenvalue weighted by atomic mass is 16.5. The van der Waals surface area contributed by atoms with E-state index < -0.39 is 0 Å². The van der Waals surface area contributed by atoms with Crippen molar-refractivity contribution in [2.24, 2.45) is 5.73 Å². The fraction of sp³-hybridized carbons (Fsp3) is 0.222. The molecule has 3 N–H and O–H groups in total. The number of benzene rings is 3. The van der Waals surface area contributed by atoms with E-state index in [4.69, 9.17) is 19.6 Å². The van der Waals surface area contributed by atoms with E-state index in [2.05, 4.69) is 6.07 Å². The Morgan fingerprint density at radius 3 is 2.70 bits per heavy atom. The van der Waals surface area contributed by atoms with E-state index in [1.807, 2.05) is 36.4 Å². The standard InChI is InChI=1S/C27H27NO5/c1-2-31-26(30)14-22-7-6-19(16-29)13-25(22)33-17-20-11-23-8-9-32-27(23)24(12-20)21-5-3-4-18(10-21)15-28/h3-13,29H,2,14-17,28H2,1H3. The second kappa shape index (κ2) is 10.3. The number of fused-ring (bicyclic) bond motifs is 1. The van der Waals surface area contributed by atoms with Gasteiger partial charge in [-0.05, 0) is 59.5 Å². The summed E-state index contributed by atoms with van der Waals surface area (Å²) in [6.07, 6.45) is 1.78. The molecule has 0 unspecified atom stereocenters. The lowest BCUT2D eigenvalue weighted by molar-refractivity contribution is -0.142. The minimum absolute atomic E-state index is 0.104. The molecule has 0 saturated carbocycles. The first-order valence-electron chi connectivity index (χ1n) is 10.9. The van der Waals surface area contributed by atoms with Crippen molar-refractivity contribution < 1.29 is 23.8 Å². The number of carbonyl (C=O) groups excluding carboxylic acids is 1. The van der Waals surface area contributed by atoms with Gasteiger partial charge in [-0.15, -0.1) is 0 Å². The molecule has 0 aliphatic heterocycles. The van der Waals surface area contributed by atoms with Crippen molar-refractivity contribution in [1.82, 2.24) is 0 Å². The van der Waals surface area contributed by atoms with Crippen LogP contribution in [0.5, 0.6) is 5.75 Å². The van der Waals surface area contributed by atoms with Crippen LogP contribution in [-0.2, 0) is 35.7 Å². The van der Waals surface area contributed by atoms with Gasteiger partial charge in [0.15, 0.2) is 0 Å². The highest BCUT2D eigenvalue weighted by molar-refractivity contribution is 5.93. The van der Waals surface area contributed by atoms with Crippen LogP contribution in [0.3, 0.4) is 0 Å². The summed E-state index contributed by atoms with van der Waals surface area (Å²) in [5.74, 6) is 0.231. The molecule has 0 saturated heterocycles. The number of aliphatic hydroxyl groups excluding tert-OH is 1. The van der Waals surface area contributed by atoms with Crippen LogP contribution in [0.1, 0.15) is 29.2 Å². The molecule has 1 aromatic heterocycles. The van der Waals surface area contributed by atoms with E-state index in [-0.39, 0.29) is 25.6 Å². The van der Waals surface area contributed by atoms with Gasteiger partial charge in [0.2, 0.25) is 0 Å². The predicted molar refractivity (Wildman–Crippen MR) is 127 cm³/mol. The number of hydrogen-bond donors (Lipinski definition) is 2. The first-order valence-corrected chi connectivity index (χ1v) is 10.9. The van der Waals surface area contributed by atoms with Gasteiger partial charge in [0.25, 0.3) is 0 Å². The van der Waals surface area contributed by atoms with Crippen molar-refractivity contribution in [2.75, 3.05) is 6.61 Å². The third-order valence-corrected chi connectivity index (χ3v) is 5.43. The minimum Gasteiger partial charge on any atom is -0.489 e. The molecule has 1 heterocycles. The summed E-state index contributed by atoms with van der Waals surface area (Å²) < 4.78 is 17.0. The Morgan fingerprint density at radius 2 is 1.91 bits per heavy atom. The average molecular weight is 446 g/mol. The van der Waals surface area contributed by atoms with Gasteiger partial charge in [0.1, 0.15) is 17.9 Å². The first-order chi connectivity index (χ1) is 16.1. The third-order valence-electron chi connectivity index (χ3n) is 5.43. The molecule has 0 atom stereocenters. The number of carbonyl (C=O) groups is 1. The molecule has 0 fully saturated rings. The van der Waals surface area contributed by atoms with Crippen molar-refractivity contribution >= 4 is 16.9 Å². The second-order valence-corrected chi connectivity index (χ2v) is 7.76. The summed E-state index contributed by atoms with van der Waals surface area (Å²) in [5.41, 5.74) is 12.0. The number of nitrogens with two attached hydrogens (primary N) is 1. The van der Waals surface area contributed by atoms with E-state index in [1.54, 1.807) is 31.4 Å². The summed E-state index contributed by atoms with van der Waals surface area (Å²) in [5, 5.41) is 10.5. The molecule has 0 amide bonds. The quantitative estimate of drug-likeness (QED) is 0.362. The normalized spacial score (nSPS) is 11.0. The van der Waals surface area contributed by atoms with Crippen LogP contribution >= 0.6 is 0 Å². The van der Waals surface area contributed by atoms with Crippen LogP contribution in [0.25, 0.3) is 22.1 Å². The summed E-state index contributed by atoms with van der Waals surface area (Å²) in [6, 6.07) is 19.4. The molecule has 0 bridgehead atoms. The van der Waals surface area contributed by atoms with Gasteiger partial charge in [-0.1, -0.05) is 30.3 Å². The van der Waals surface area contributed by atoms with Gasteiger partial charge in [-0.3, -0.25) is 4.79 Å². The lowest BCUT2D eigenvalue weighted by atomic mass is 9.99. The number of furan rings is 1. The van der Waals surface area contributed by atoms with Gasteiger partial charge in [-0.2, -0.15) is 0 Å². The molecule has 4 rings (SSSR count). The zero-order valence-electron chi connectivity index (χ0n) is 18.5. The Labute approximate surface area is 192 Å². The van der Waals surface area contributed by atoms with Crippen molar-refractivity contribution in [3.8, 4) is 16.9 Å². The summed E-state index contributed by atoms with van der Waals surface area (Å²) in [7, 11) is 0. The predicted octanol–water partition coefficient (Wildman–Crippen LogP) is 4.74. The molecule has 0 radical (unpaired) electrons. The lowest BCUT2D eigenvalue weighted by Gasteiger charge is -2.14. The van der Waals surface area contributed by atoms with Crippen LogP contribution in [0.15, 0.2) is 71.3 Å². The van der Waals surface area contributed by atoms with Crippen LogP contribution in [0.4, 0.5) is 0 Å². The lowest BCUT2D eigenvalue weighted by Crippen LogP contribution is -2.09. The molecule has 33 heavy (non-hydrogen) atoms. The highest BCUT2D eigenvalue weighted by Gasteiger charge is 2.14. The van der Waals surface area contributed by atoms with Gasteiger partial charge in [0, 0.05) is 23.1 Å². The van der Waals surface area contributed by atoms with E-state index in [0.29, 0.717) is 30.0 Å². The van der Waals surface area contributed by atoms with Gasteiger partial charge in [-0.25, -0.2) is 0 Å². The second-order valence-electron chi connectivity index (χ2n) is 7.76. The Hall–Kier alpha value is -3.61. The molecule has 6 heteroatoms. The summed E-state index contributed by atoms with van der Waals surface area (Å²) in [4.78, 5) is 12.0. The smallest absolute Gasteiger partial charge is 0.310 e. The Kier molecular flexibility index (Phi) is 7.07. The molecule has 4 aromatic rings. The molecule has 3 aromatic carbocycles. The van der Waals surface area contributed by atoms with Gasteiger partial charge >= 0.3 is 5.97 Å².